The number of hydrogen-bond acceptors (Lipinski definition) is 5. The van der Waals surface area contributed by atoms with E-state index in [-0.39, 0.29) is 37.4 Å². The van der Waals surface area contributed by atoms with E-state index in [1.165, 1.54) is 7.11 Å². The number of halogens is 2. The van der Waals surface area contributed by atoms with Crippen LogP contribution in [-0.4, -0.2) is 41.8 Å². The molecule has 2 unspecified atom stereocenters. The second kappa shape index (κ2) is 12.0. The van der Waals surface area contributed by atoms with Crippen molar-refractivity contribution in [2.75, 3.05) is 7.11 Å². The minimum atomic E-state index is -3.33. The van der Waals surface area contributed by atoms with Crippen molar-refractivity contribution in [1.29, 1.82) is 0 Å². The molecule has 0 aromatic carbocycles. The number of carbonyl (C=O) groups excluding carboxylic acids is 3. The molecule has 28 heavy (non-hydrogen) atoms. The zero-order valence-corrected chi connectivity index (χ0v) is 16.8. The highest BCUT2D eigenvalue weighted by molar-refractivity contribution is 5.86. The van der Waals surface area contributed by atoms with Gasteiger partial charge in [0.05, 0.1) is 13.2 Å². The fourth-order valence-electron chi connectivity index (χ4n) is 3.56. The standard InChI is InChI=1S/C21H32F2O5/c1-3-4-13-21(22,23)19(26)12-11-16-15(17(24)14-18(16)25)9-7-5-6-8-10-20(27)28-2/h5,7,15-16,18,25H,3-4,6,8-14H2,1-2H3/b7-5-/t15?,16-,18?/m1/s1. The third kappa shape index (κ3) is 7.78. The van der Waals surface area contributed by atoms with Crippen LogP contribution in [0.3, 0.4) is 0 Å². The maximum atomic E-state index is 13.8. The van der Waals surface area contributed by atoms with Crippen molar-refractivity contribution < 1.29 is 33.0 Å². The predicted octanol–water partition coefficient (Wildman–Crippen LogP) is 4.02. The van der Waals surface area contributed by atoms with Gasteiger partial charge in [0.1, 0.15) is 5.78 Å². The van der Waals surface area contributed by atoms with Crippen molar-refractivity contribution in [1.82, 2.24) is 0 Å². The maximum Gasteiger partial charge on any atom is 0.305 e. The van der Waals surface area contributed by atoms with Gasteiger partial charge in [-0.3, -0.25) is 14.4 Å². The number of rotatable bonds is 13. The third-order valence-corrected chi connectivity index (χ3v) is 5.33. The van der Waals surface area contributed by atoms with Crippen LogP contribution < -0.4 is 0 Å². The highest BCUT2D eigenvalue weighted by Gasteiger charge is 2.43. The molecule has 7 heteroatoms. The molecule has 1 rings (SSSR count). The lowest BCUT2D eigenvalue weighted by Gasteiger charge is -2.21. The van der Waals surface area contributed by atoms with E-state index in [1.807, 2.05) is 12.2 Å². The Morgan fingerprint density at radius 2 is 1.96 bits per heavy atom. The van der Waals surface area contributed by atoms with Crippen LogP contribution in [0.15, 0.2) is 12.2 Å². The number of carbonyl (C=O) groups is 3. The fourth-order valence-corrected chi connectivity index (χ4v) is 3.56. The summed E-state index contributed by atoms with van der Waals surface area (Å²) in [5, 5.41) is 10.1. The summed E-state index contributed by atoms with van der Waals surface area (Å²) >= 11 is 0. The second-order valence-electron chi connectivity index (χ2n) is 7.45. The summed E-state index contributed by atoms with van der Waals surface area (Å²) in [4.78, 5) is 35.0. The van der Waals surface area contributed by atoms with Gasteiger partial charge in [-0.15, -0.1) is 0 Å². The number of allylic oxidation sites excluding steroid dienone is 2. The Morgan fingerprint density at radius 1 is 1.25 bits per heavy atom. The smallest absolute Gasteiger partial charge is 0.305 e. The Labute approximate surface area is 165 Å². The first-order chi connectivity index (χ1) is 13.2. The second-order valence-corrected chi connectivity index (χ2v) is 7.45. The Morgan fingerprint density at radius 3 is 2.61 bits per heavy atom. The van der Waals surface area contributed by atoms with Crippen molar-refractivity contribution in [2.45, 2.75) is 83.2 Å². The molecule has 0 aliphatic heterocycles. The molecule has 0 aromatic heterocycles. The van der Waals surface area contributed by atoms with E-state index in [1.54, 1.807) is 6.92 Å². The normalized spacial score (nSPS) is 22.8. The molecule has 0 amide bonds. The van der Waals surface area contributed by atoms with Crippen LogP contribution in [0, 0.1) is 11.8 Å². The summed E-state index contributed by atoms with van der Waals surface area (Å²) in [5.41, 5.74) is 0. The Balaban J connectivity index is 2.51. The lowest BCUT2D eigenvalue weighted by Crippen LogP contribution is -2.30. The molecule has 0 saturated heterocycles. The lowest BCUT2D eigenvalue weighted by molar-refractivity contribution is -0.144. The minimum Gasteiger partial charge on any atom is -0.469 e. The van der Waals surface area contributed by atoms with Crippen LogP contribution in [0.25, 0.3) is 0 Å². The molecule has 1 aliphatic rings. The van der Waals surface area contributed by atoms with Gasteiger partial charge in [0.25, 0.3) is 0 Å². The molecule has 0 aromatic rings. The average molecular weight is 402 g/mol. The number of aliphatic hydroxyl groups excluding tert-OH is 1. The van der Waals surface area contributed by atoms with Crippen molar-refractivity contribution in [3.05, 3.63) is 12.2 Å². The summed E-state index contributed by atoms with van der Waals surface area (Å²) < 4.78 is 32.2. The van der Waals surface area contributed by atoms with Crippen molar-refractivity contribution in [3.8, 4) is 0 Å². The third-order valence-electron chi connectivity index (χ3n) is 5.33. The van der Waals surface area contributed by atoms with Crippen molar-refractivity contribution in [2.24, 2.45) is 11.8 Å². The lowest BCUT2D eigenvalue weighted by atomic mass is 9.86. The van der Waals surface area contributed by atoms with Crippen molar-refractivity contribution >= 4 is 17.5 Å². The number of esters is 1. The first-order valence-corrected chi connectivity index (χ1v) is 10.1. The van der Waals surface area contributed by atoms with Gasteiger partial charge in [0, 0.05) is 31.6 Å². The predicted molar refractivity (Wildman–Crippen MR) is 101 cm³/mol. The molecule has 0 bridgehead atoms. The number of ketones is 2. The SMILES string of the molecule is CCCCC(F)(F)C(=O)CC[C@H]1C(O)CC(=O)C1C/C=C\CCCC(=O)OC. The topological polar surface area (TPSA) is 80.7 Å². The van der Waals surface area contributed by atoms with Gasteiger partial charge in [0.15, 0.2) is 0 Å². The van der Waals surface area contributed by atoms with Gasteiger partial charge in [-0.1, -0.05) is 25.5 Å². The monoisotopic (exact) mass is 402 g/mol. The number of ether oxygens (including phenoxy) is 1. The zero-order chi connectivity index (χ0) is 21.2. The van der Waals surface area contributed by atoms with Crippen LogP contribution in [0.2, 0.25) is 0 Å². The highest BCUT2D eigenvalue weighted by Crippen LogP contribution is 2.36. The number of unbranched alkanes of at least 4 members (excludes halogenated alkanes) is 2. The van der Waals surface area contributed by atoms with E-state index in [2.05, 4.69) is 4.74 Å². The van der Waals surface area contributed by atoms with Gasteiger partial charge in [-0.2, -0.15) is 8.78 Å². The molecule has 5 nitrogen and oxygen atoms in total. The average Bonchev–Trinajstić information content (AvgIpc) is 2.93. The molecule has 1 saturated carbocycles. The fraction of sp³-hybridized carbons (Fsp3) is 0.762. The van der Waals surface area contributed by atoms with E-state index in [9.17, 15) is 28.3 Å². The molecular formula is C21H32F2O5. The number of alkyl halides is 2. The van der Waals surface area contributed by atoms with Gasteiger partial charge in [-0.25, -0.2) is 0 Å². The molecule has 0 radical (unpaired) electrons. The Bertz CT molecular complexity index is 559. The van der Waals surface area contributed by atoms with Gasteiger partial charge < -0.3 is 9.84 Å². The van der Waals surface area contributed by atoms with Gasteiger partial charge in [0.2, 0.25) is 5.78 Å². The molecule has 160 valence electrons. The molecule has 0 heterocycles. The molecule has 3 atom stereocenters. The largest absolute Gasteiger partial charge is 0.469 e. The van der Waals surface area contributed by atoms with E-state index < -0.39 is 36.1 Å². The molecule has 1 N–H and O–H groups in total. The first-order valence-electron chi connectivity index (χ1n) is 10.1. The number of methoxy groups -OCH3 is 1. The van der Waals surface area contributed by atoms with Crippen LogP contribution in [0.5, 0.6) is 0 Å². The van der Waals surface area contributed by atoms with Gasteiger partial charge >= 0.3 is 11.9 Å². The highest BCUT2D eigenvalue weighted by atomic mass is 19.3. The molecule has 0 spiro atoms. The van der Waals surface area contributed by atoms with Gasteiger partial charge in [-0.05, 0) is 38.0 Å². The molecule has 1 aliphatic carbocycles. The summed E-state index contributed by atoms with van der Waals surface area (Å²) in [6.07, 6.45) is 5.00. The van der Waals surface area contributed by atoms with E-state index in [0.717, 1.165) is 0 Å². The molecular weight excluding hydrogens is 370 g/mol. The maximum absolute atomic E-state index is 13.8. The molecule has 1 fully saturated rings. The Kier molecular flexibility index (Phi) is 10.5. The van der Waals surface area contributed by atoms with Crippen LogP contribution in [0.1, 0.15) is 71.1 Å². The zero-order valence-electron chi connectivity index (χ0n) is 16.8. The Hall–Kier alpha value is -1.63. The number of aliphatic hydroxyl groups is 1. The number of Topliss-reactive ketones (excluding diaryl/α,β-unsaturated/α-hetero) is 2. The van der Waals surface area contributed by atoms with Crippen LogP contribution in [0.4, 0.5) is 8.78 Å². The summed E-state index contributed by atoms with van der Waals surface area (Å²) in [7, 11) is 1.33. The number of hydrogen-bond donors (Lipinski definition) is 1. The summed E-state index contributed by atoms with van der Waals surface area (Å²) in [5.74, 6) is -5.74. The summed E-state index contributed by atoms with van der Waals surface area (Å²) in [6, 6.07) is 0. The van der Waals surface area contributed by atoms with E-state index in [0.29, 0.717) is 32.1 Å². The van der Waals surface area contributed by atoms with E-state index in [4.69, 9.17) is 0 Å². The quantitative estimate of drug-likeness (QED) is 0.286. The van der Waals surface area contributed by atoms with Crippen molar-refractivity contribution in [3.63, 3.8) is 0 Å². The van der Waals surface area contributed by atoms with E-state index >= 15 is 0 Å². The van der Waals surface area contributed by atoms with Crippen LogP contribution in [-0.2, 0) is 19.1 Å². The first kappa shape index (κ1) is 24.4. The van der Waals surface area contributed by atoms with Crippen LogP contribution >= 0.6 is 0 Å². The minimum absolute atomic E-state index is 0.00588. The summed E-state index contributed by atoms with van der Waals surface area (Å²) in [6.45, 7) is 1.79.